The molecule has 0 unspecified atom stereocenters. The van der Waals surface area contributed by atoms with Crippen LogP contribution < -0.4 is 5.32 Å². The molecule has 1 atom stereocenters. The van der Waals surface area contributed by atoms with Gasteiger partial charge in [-0.15, -0.1) is 0 Å². The predicted octanol–water partition coefficient (Wildman–Crippen LogP) is 0.182. The molecule has 0 bridgehead atoms. The molecule has 3 heteroatoms. The van der Waals surface area contributed by atoms with Gasteiger partial charge in [0.25, 0.3) is 0 Å². The van der Waals surface area contributed by atoms with Crippen molar-refractivity contribution >= 4 is 5.78 Å². The summed E-state index contributed by atoms with van der Waals surface area (Å²) < 4.78 is 0. The summed E-state index contributed by atoms with van der Waals surface area (Å²) in [5.74, 6) is 0.351. The van der Waals surface area contributed by atoms with E-state index in [2.05, 4.69) is 19.2 Å². The number of carbonyl (C=O) groups is 1. The molecule has 0 rings (SSSR count). The first-order valence-corrected chi connectivity index (χ1v) is 3.92. The zero-order valence-electron chi connectivity index (χ0n) is 7.42. The Morgan fingerprint density at radius 3 is 2.36 bits per heavy atom. The van der Waals surface area contributed by atoms with E-state index >= 15 is 0 Å². The molecule has 0 aromatic rings. The smallest absolute Gasteiger partial charge is 0.174 e. The second kappa shape index (κ2) is 5.27. The summed E-state index contributed by atoms with van der Waals surface area (Å²) >= 11 is 0. The van der Waals surface area contributed by atoms with Gasteiger partial charge in [0.2, 0.25) is 0 Å². The first kappa shape index (κ1) is 10.6. The van der Waals surface area contributed by atoms with Gasteiger partial charge in [-0.05, 0) is 19.4 Å². The van der Waals surface area contributed by atoms with Gasteiger partial charge in [-0.1, -0.05) is 13.8 Å². The number of aliphatic hydroxyl groups is 1. The van der Waals surface area contributed by atoms with Crippen molar-refractivity contribution < 1.29 is 9.90 Å². The summed E-state index contributed by atoms with van der Waals surface area (Å²) in [6.07, 6.45) is 0.788. The number of rotatable bonds is 5. The number of carbonyl (C=O) groups excluding carboxylic acids is 1. The molecule has 3 nitrogen and oxygen atoms in total. The Bertz CT molecular complexity index is 123. The quantitative estimate of drug-likeness (QED) is 0.601. The number of ketones is 1. The molecular formula is C8H17NO2. The number of hydrogen-bond donors (Lipinski definition) is 2. The number of hydrogen-bond acceptors (Lipinski definition) is 3. The van der Waals surface area contributed by atoms with Crippen LogP contribution in [0.2, 0.25) is 0 Å². The minimum absolute atomic E-state index is 0.124. The number of Topliss-reactive ketones (excluding diaryl/α,β-unsaturated/α-hetero) is 1. The molecule has 11 heavy (non-hydrogen) atoms. The van der Waals surface area contributed by atoms with Crippen LogP contribution in [0.25, 0.3) is 0 Å². The third-order valence-electron chi connectivity index (χ3n) is 1.60. The minimum atomic E-state index is -0.363. The van der Waals surface area contributed by atoms with Crippen LogP contribution in [0.3, 0.4) is 0 Å². The highest BCUT2D eigenvalue weighted by Gasteiger charge is 2.15. The van der Waals surface area contributed by atoms with Gasteiger partial charge < -0.3 is 10.4 Å². The summed E-state index contributed by atoms with van der Waals surface area (Å²) in [6.45, 7) is 3.74. The molecule has 2 N–H and O–H groups in total. The molecule has 0 aliphatic heterocycles. The summed E-state index contributed by atoms with van der Waals surface area (Å²) in [5, 5.41) is 11.4. The van der Waals surface area contributed by atoms with E-state index < -0.39 is 0 Å². The molecule has 0 aliphatic rings. The normalized spacial score (nSPS) is 13.5. The average Bonchev–Trinajstić information content (AvgIpc) is 1.98. The van der Waals surface area contributed by atoms with Crippen molar-refractivity contribution in [3.05, 3.63) is 0 Å². The topological polar surface area (TPSA) is 49.3 Å². The van der Waals surface area contributed by atoms with Crippen LogP contribution in [0, 0.1) is 5.92 Å². The highest BCUT2D eigenvalue weighted by Crippen LogP contribution is 2.04. The molecule has 0 aromatic carbocycles. The zero-order valence-corrected chi connectivity index (χ0v) is 7.42. The van der Waals surface area contributed by atoms with E-state index in [0.29, 0.717) is 5.92 Å². The van der Waals surface area contributed by atoms with Gasteiger partial charge in [0.1, 0.15) is 6.61 Å². The fraction of sp³-hybridized carbons (Fsp3) is 0.875. The fourth-order valence-corrected chi connectivity index (χ4v) is 0.992. The van der Waals surface area contributed by atoms with Crippen LogP contribution in [-0.2, 0) is 4.79 Å². The standard InChI is InChI=1S/C8H17NO2/c1-6(2)4-7(9-3)8(11)5-10/h6-7,9-10H,4-5H2,1-3H3/t7-/m0/s1. The molecule has 0 saturated heterocycles. The molecule has 0 saturated carbocycles. The number of nitrogens with one attached hydrogen (secondary N) is 1. The van der Waals surface area contributed by atoms with Crippen LogP contribution in [0.15, 0.2) is 0 Å². The third kappa shape index (κ3) is 4.11. The van der Waals surface area contributed by atoms with Crippen molar-refractivity contribution in [2.75, 3.05) is 13.7 Å². The largest absolute Gasteiger partial charge is 0.389 e. The van der Waals surface area contributed by atoms with Gasteiger partial charge in [-0.25, -0.2) is 0 Å². The number of likely N-dealkylation sites (N-methyl/N-ethyl adjacent to an activating group) is 1. The monoisotopic (exact) mass is 159 g/mol. The first-order chi connectivity index (χ1) is 5.11. The van der Waals surface area contributed by atoms with Crippen molar-refractivity contribution in [2.45, 2.75) is 26.3 Å². The zero-order chi connectivity index (χ0) is 8.85. The Labute approximate surface area is 67.8 Å². The lowest BCUT2D eigenvalue weighted by molar-refractivity contribution is -0.124. The van der Waals surface area contributed by atoms with Crippen LogP contribution >= 0.6 is 0 Å². The van der Waals surface area contributed by atoms with E-state index in [1.807, 2.05) is 0 Å². The Kier molecular flexibility index (Phi) is 5.07. The van der Waals surface area contributed by atoms with E-state index in [0.717, 1.165) is 6.42 Å². The van der Waals surface area contributed by atoms with Crippen molar-refractivity contribution in [3.63, 3.8) is 0 Å². The Morgan fingerprint density at radius 1 is 1.55 bits per heavy atom. The summed E-state index contributed by atoms with van der Waals surface area (Å²) in [4.78, 5) is 11.0. The van der Waals surface area contributed by atoms with Crippen molar-refractivity contribution in [3.8, 4) is 0 Å². The van der Waals surface area contributed by atoms with Gasteiger partial charge in [-0.3, -0.25) is 4.79 Å². The lowest BCUT2D eigenvalue weighted by Gasteiger charge is -2.15. The van der Waals surface area contributed by atoms with E-state index in [1.54, 1.807) is 7.05 Å². The Hall–Kier alpha value is -0.410. The molecule has 66 valence electrons. The summed E-state index contributed by atoms with van der Waals surface area (Å²) in [7, 11) is 1.74. The van der Waals surface area contributed by atoms with Gasteiger partial charge in [0.05, 0.1) is 6.04 Å². The molecule has 0 fully saturated rings. The minimum Gasteiger partial charge on any atom is -0.389 e. The maximum absolute atomic E-state index is 11.0. The Morgan fingerprint density at radius 2 is 2.09 bits per heavy atom. The van der Waals surface area contributed by atoms with Crippen LogP contribution in [0.5, 0.6) is 0 Å². The lowest BCUT2D eigenvalue weighted by atomic mass is 10.0. The SMILES string of the molecule is CN[C@@H](CC(C)C)C(=O)CO. The number of aliphatic hydroxyl groups excluding tert-OH is 1. The van der Waals surface area contributed by atoms with Gasteiger partial charge in [0.15, 0.2) is 5.78 Å². The first-order valence-electron chi connectivity index (χ1n) is 3.92. The van der Waals surface area contributed by atoms with Crippen molar-refractivity contribution in [1.82, 2.24) is 5.32 Å². The van der Waals surface area contributed by atoms with E-state index in [4.69, 9.17) is 5.11 Å². The molecular weight excluding hydrogens is 142 g/mol. The van der Waals surface area contributed by atoms with Crippen LogP contribution in [-0.4, -0.2) is 30.6 Å². The van der Waals surface area contributed by atoms with Crippen LogP contribution in [0.4, 0.5) is 0 Å². The summed E-state index contributed by atoms with van der Waals surface area (Å²) in [6, 6.07) is -0.181. The van der Waals surface area contributed by atoms with E-state index in [1.165, 1.54) is 0 Å². The third-order valence-corrected chi connectivity index (χ3v) is 1.60. The predicted molar refractivity (Wildman–Crippen MR) is 44.4 cm³/mol. The average molecular weight is 159 g/mol. The van der Waals surface area contributed by atoms with Crippen LogP contribution in [0.1, 0.15) is 20.3 Å². The summed E-state index contributed by atoms with van der Waals surface area (Å²) in [5.41, 5.74) is 0. The lowest BCUT2D eigenvalue weighted by Crippen LogP contribution is -2.36. The fourth-order valence-electron chi connectivity index (χ4n) is 0.992. The highest BCUT2D eigenvalue weighted by atomic mass is 16.3. The highest BCUT2D eigenvalue weighted by molar-refractivity contribution is 5.84. The molecule has 0 aromatic heterocycles. The van der Waals surface area contributed by atoms with Gasteiger partial charge in [-0.2, -0.15) is 0 Å². The maximum Gasteiger partial charge on any atom is 0.174 e. The molecule has 0 radical (unpaired) electrons. The second-order valence-corrected chi connectivity index (χ2v) is 3.10. The second-order valence-electron chi connectivity index (χ2n) is 3.10. The molecule has 0 amide bonds. The maximum atomic E-state index is 11.0. The molecule has 0 heterocycles. The van der Waals surface area contributed by atoms with Gasteiger partial charge >= 0.3 is 0 Å². The van der Waals surface area contributed by atoms with E-state index in [-0.39, 0.29) is 18.4 Å². The van der Waals surface area contributed by atoms with Crippen molar-refractivity contribution in [2.24, 2.45) is 5.92 Å². The van der Waals surface area contributed by atoms with Gasteiger partial charge in [0, 0.05) is 0 Å². The molecule has 0 spiro atoms. The van der Waals surface area contributed by atoms with E-state index in [9.17, 15) is 4.79 Å². The molecule has 0 aliphatic carbocycles. The Balaban J connectivity index is 3.84. The van der Waals surface area contributed by atoms with Crippen molar-refractivity contribution in [1.29, 1.82) is 0 Å².